The van der Waals surface area contributed by atoms with Crippen LogP contribution in [0.1, 0.15) is 18.1 Å². The summed E-state index contributed by atoms with van der Waals surface area (Å²) in [7, 11) is 0. The van der Waals surface area contributed by atoms with Gasteiger partial charge < -0.3 is 10.5 Å². The van der Waals surface area contributed by atoms with Crippen molar-refractivity contribution in [1.82, 2.24) is 9.78 Å². The molecule has 90 valence electrons. The number of benzene rings is 1. The minimum atomic E-state index is 0.470. The largest absolute Gasteiger partial charge is 0.454 e. The maximum atomic E-state index is 5.80. The Hall–Kier alpha value is -1.81. The van der Waals surface area contributed by atoms with E-state index >= 15 is 0 Å². The third kappa shape index (κ3) is 2.65. The fourth-order valence-electron chi connectivity index (χ4n) is 1.62. The van der Waals surface area contributed by atoms with E-state index < -0.39 is 0 Å². The normalized spacial score (nSPS) is 10.5. The van der Waals surface area contributed by atoms with E-state index in [2.05, 4.69) is 5.10 Å². The van der Waals surface area contributed by atoms with Crippen LogP contribution in [0.2, 0.25) is 0 Å². The molecule has 0 spiro atoms. The zero-order valence-electron chi connectivity index (χ0n) is 10.2. The van der Waals surface area contributed by atoms with Crippen molar-refractivity contribution < 1.29 is 4.74 Å². The monoisotopic (exact) mass is 231 g/mol. The highest BCUT2D eigenvalue weighted by molar-refractivity contribution is 5.39. The minimum absolute atomic E-state index is 0.470. The Balaban J connectivity index is 2.25. The van der Waals surface area contributed by atoms with Gasteiger partial charge in [0.25, 0.3) is 0 Å². The first kappa shape index (κ1) is 11.7. The molecule has 2 rings (SSSR count). The third-order valence-electron chi connectivity index (χ3n) is 2.60. The molecule has 1 aromatic heterocycles. The molecule has 0 radical (unpaired) electrons. The van der Waals surface area contributed by atoms with Gasteiger partial charge in [-0.2, -0.15) is 5.10 Å². The quantitative estimate of drug-likeness (QED) is 0.879. The molecule has 0 aliphatic carbocycles. The topological polar surface area (TPSA) is 53.1 Å². The van der Waals surface area contributed by atoms with E-state index in [0.717, 1.165) is 29.2 Å². The van der Waals surface area contributed by atoms with Crippen molar-refractivity contribution in [3.63, 3.8) is 0 Å². The van der Waals surface area contributed by atoms with Crippen molar-refractivity contribution in [2.24, 2.45) is 5.73 Å². The summed E-state index contributed by atoms with van der Waals surface area (Å²) < 4.78 is 7.63. The third-order valence-corrected chi connectivity index (χ3v) is 2.60. The molecule has 0 aliphatic rings. The van der Waals surface area contributed by atoms with Crippen LogP contribution in [-0.2, 0) is 13.1 Å². The van der Waals surface area contributed by atoms with Gasteiger partial charge in [0.2, 0.25) is 0 Å². The van der Waals surface area contributed by atoms with Crippen LogP contribution in [0.3, 0.4) is 0 Å². The smallest absolute Gasteiger partial charge is 0.165 e. The summed E-state index contributed by atoms with van der Waals surface area (Å²) in [5.74, 6) is 1.55. The molecule has 4 heteroatoms. The number of nitrogens with zero attached hydrogens (tertiary/aromatic N) is 2. The van der Waals surface area contributed by atoms with Gasteiger partial charge in [-0.1, -0.05) is 12.1 Å². The molecule has 4 nitrogen and oxygen atoms in total. The van der Waals surface area contributed by atoms with Crippen molar-refractivity contribution >= 4 is 0 Å². The fourth-order valence-corrected chi connectivity index (χ4v) is 1.62. The summed E-state index contributed by atoms with van der Waals surface area (Å²) in [5, 5.41) is 4.17. The molecule has 2 aromatic rings. The fraction of sp³-hybridized carbons (Fsp3) is 0.308. The van der Waals surface area contributed by atoms with Crippen LogP contribution in [0.25, 0.3) is 0 Å². The molecule has 0 unspecified atom stereocenters. The Bertz CT molecular complexity index is 505. The van der Waals surface area contributed by atoms with E-state index in [1.165, 1.54) is 0 Å². The second-order valence-corrected chi connectivity index (χ2v) is 3.95. The molecule has 2 N–H and O–H groups in total. The predicted molar refractivity (Wildman–Crippen MR) is 67.0 cm³/mol. The van der Waals surface area contributed by atoms with E-state index in [0.29, 0.717) is 6.54 Å². The number of rotatable bonds is 4. The van der Waals surface area contributed by atoms with Crippen molar-refractivity contribution in [2.45, 2.75) is 26.9 Å². The molecular weight excluding hydrogens is 214 g/mol. The van der Waals surface area contributed by atoms with Crippen LogP contribution in [-0.4, -0.2) is 9.78 Å². The summed E-state index contributed by atoms with van der Waals surface area (Å²) >= 11 is 0. The molecule has 0 atom stereocenters. The van der Waals surface area contributed by atoms with Crippen molar-refractivity contribution in [3.05, 3.63) is 41.7 Å². The predicted octanol–water partition coefficient (Wildman–Crippen LogP) is 2.46. The zero-order chi connectivity index (χ0) is 12.3. The lowest BCUT2D eigenvalue weighted by atomic mass is 10.1. The molecule has 0 fully saturated rings. The average molecular weight is 231 g/mol. The lowest BCUT2D eigenvalue weighted by Gasteiger charge is -2.09. The second-order valence-electron chi connectivity index (χ2n) is 3.95. The van der Waals surface area contributed by atoms with Crippen molar-refractivity contribution in [3.8, 4) is 11.5 Å². The van der Waals surface area contributed by atoms with E-state index in [1.54, 1.807) is 6.20 Å². The van der Waals surface area contributed by atoms with Gasteiger partial charge in [0.1, 0.15) is 5.75 Å². The summed E-state index contributed by atoms with van der Waals surface area (Å²) in [6, 6.07) is 6.02. The van der Waals surface area contributed by atoms with Gasteiger partial charge >= 0.3 is 0 Å². The van der Waals surface area contributed by atoms with Gasteiger partial charge in [0.15, 0.2) is 5.75 Å². The maximum Gasteiger partial charge on any atom is 0.165 e. The van der Waals surface area contributed by atoms with Crippen molar-refractivity contribution in [2.75, 3.05) is 0 Å². The van der Waals surface area contributed by atoms with Gasteiger partial charge in [0.05, 0.1) is 12.4 Å². The molecule has 0 bridgehead atoms. The highest BCUT2D eigenvalue weighted by Gasteiger charge is 2.05. The highest BCUT2D eigenvalue weighted by atomic mass is 16.5. The maximum absolute atomic E-state index is 5.80. The molecular formula is C13H17N3O. The first-order chi connectivity index (χ1) is 8.22. The van der Waals surface area contributed by atoms with E-state index in [1.807, 2.05) is 42.9 Å². The van der Waals surface area contributed by atoms with Gasteiger partial charge in [-0.05, 0) is 25.5 Å². The number of aryl methyl sites for hydroxylation is 2. The van der Waals surface area contributed by atoms with Gasteiger partial charge in [-0.15, -0.1) is 0 Å². The van der Waals surface area contributed by atoms with Crippen LogP contribution in [0.15, 0.2) is 30.6 Å². The molecule has 1 heterocycles. The lowest BCUT2D eigenvalue weighted by Crippen LogP contribution is -1.99. The summed E-state index contributed by atoms with van der Waals surface area (Å²) in [4.78, 5) is 0. The molecule has 0 amide bonds. The molecule has 0 saturated carbocycles. The number of hydrogen-bond acceptors (Lipinski definition) is 3. The Morgan fingerprint density at radius 1 is 1.41 bits per heavy atom. The SMILES string of the molecule is CCn1cc(Oc2cc(C)ccc2CN)cn1. The molecule has 17 heavy (non-hydrogen) atoms. The van der Waals surface area contributed by atoms with Crippen LogP contribution < -0.4 is 10.5 Å². The summed E-state index contributed by atoms with van der Waals surface area (Å²) in [5.41, 5.74) is 7.84. The van der Waals surface area contributed by atoms with Crippen LogP contribution in [0, 0.1) is 6.92 Å². The number of hydrogen-bond donors (Lipinski definition) is 1. The van der Waals surface area contributed by atoms with Crippen molar-refractivity contribution in [1.29, 1.82) is 0 Å². The first-order valence-electron chi connectivity index (χ1n) is 5.73. The Kier molecular flexibility index (Phi) is 3.44. The van der Waals surface area contributed by atoms with Gasteiger partial charge in [-0.3, -0.25) is 4.68 Å². The van der Waals surface area contributed by atoms with Crippen LogP contribution in [0.4, 0.5) is 0 Å². The molecule has 1 aromatic carbocycles. The highest BCUT2D eigenvalue weighted by Crippen LogP contribution is 2.25. The zero-order valence-corrected chi connectivity index (χ0v) is 10.2. The van der Waals surface area contributed by atoms with Gasteiger partial charge in [-0.25, -0.2) is 0 Å². The second kappa shape index (κ2) is 5.01. The van der Waals surface area contributed by atoms with E-state index in [4.69, 9.17) is 10.5 Å². The summed E-state index contributed by atoms with van der Waals surface area (Å²) in [6.07, 6.45) is 3.59. The Labute approximate surface area is 101 Å². The summed E-state index contributed by atoms with van der Waals surface area (Å²) in [6.45, 7) is 5.37. The Morgan fingerprint density at radius 3 is 2.88 bits per heavy atom. The first-order valence-corrected chi connectivity index (χ1v) is 5.73. The molecule has 0 aliphatic heterocycles. The Morgan fingerprint density at radius 2 is 2.24 bits per heavy atom. The van der Waals surface area contributed by atoms with Crippen LogP contribution in [0.5, 0.6) is 11.5 Å². The lowest BCUT2D eigenvalue weighted by molar-refractivity contribution is 0.474. The number of ether oxygens (including phenoxy) is 1. The van der Waals surface area contributed by atoms with Crippen LogP contribution >= 0.6 is 0 Å². The minimum Gasteiger partial charge on any atom is -0.454 e. The van der Waals surface area contributed by atoms with Gasteiger partial charge in [0, 0.05) is 18.7 Å². The number of nitrogens with two attached hydrogens (primary N) is 1. The average Bonchev–Trinajstić information content (AvgIpc) is 2.77. The van der Waals surface area contributed by atoms with E-state index in [-0.39, 0.29) is 0 Å². The molecule has 0 saturated heterocycles. The standard InChI is InChI=1S/C13H17N3O/c1-3-16-9-12(8-15-16)17-13-6-10(2)4-5-11(13)7-14/h4-6,8-9H,3,7,14H2,1-2H3. The number of aromatic nitrogens is 2. The van der Waals surface area contributed by atoms with E-state index in [9.17, 15) is 0 Å².